The lowest BCUT2D eigenvalue weighted by Gasteiger charge is -2.10. The maximum Gasteiger partial charge on any atom is 0.246 e. The molecule has 0 bridgehead atoms. The number of anilines is 1. The quantitative estimate of drug-likeness (QED) is 0.597. The number of nitrogens with zero attached hydrogens (tertiary/aromatic N) is 2. The fraction of sp³-hybridized carbons (Fsp3) is 0.571. The Labute approximate surface area is 87.9 Å². The highest BCUT2D eigenvalue weighted by molar-refractivity contribution is 7.89. The van der Waals surface area contributed by atoms with Crippen molar-refractivity contribution in [3.05, 3.63) is 6.20 Å². The minimum Gasteiger partial charge on any atom is -0.395 e. The van der Waals surface area contributed by atoms with E-state index in [1.807, 2.05) is 0 Å². The first-order valence-corrected chi connectivity index (χ1v) is 5.77. The van der Waals surface area contributed by atoms with Crippen LogP contribution in [0.2, 0.25) is 0 Å². The molecule has 15 heavy (non-hydrogen) atoms. The first kappa shape index (κ1) is 12.0. The molecule has 0 fully saturated rings. The smallest absolute Gasteiger partial charge is 0.246 e. The lowest BCUT2D eigenvalue weighted by Crippen LogP contribution is -2.35. The zero-order valence-electron chi connectivity index (χ0n) is 8.51. The molecule has 1 heterocycles. The van der Waals surface area contributed by atoms with E-state index in [9.17, 15) is 8.42 Å². The molecule has 1 aromatic heterocycles. The van der Waals surface area contributed by atoms with E-state index in [0.29, 0.717) is 0 Å². The Hall–Kier alpha value is -1.12. The average Bonchev–Trinajstić information content (AvgIpc) is 2.45. The highest BCUT2D eigenvalue weighted by Crippen LogP contribution is 2.15. The molecule has 0 aliphatic carbocycles. The molecule has 4 N–H and O–H groups in total. The third-order valence-corrected chi connectivity index (χ3v) is 3.35. The average molecular weight is 234 g/mol. The summed E-state index contributed by atoms with van der Waals surface area (Å²) in [5.41, 5.74) is 5.43. The summed E-state index contributed by atoms with van der Waals surface area (Å²) in [6.07, 6.45) is 1.31. The number of hydrogen-bond acceptors (Lipinski definition) is 5. The minimum atomic E-state index is -3.70. The van der Waals surface area contributed by atoms with E-state index in [2.05, 4.69) is 9.82 Å². The van der Waals surface area contributed by atoms with Gasteiger partial charge in [-0.25, -0.2) is 13.1 Å². The Morgan fingerprint density at radius 3 is 2.73 bits per heavy atom. The van der Waals surface area contributed by atoms with Crippen molar-refractivity contribution in [2.24, 2.45) is 7.05 Å². The third kappa shape index (κ3) is 2.67. The molecule has 0 amide bonds. The molecule has 0 saturated heterocycles. The molecule has 8 heteroatoms. The van der Waals surface area contributed by atoms with Crippen LogP contribution in [0.25, 0.3) is 0 Å². The first-order valence-electron chi connectivity index (χ1n) is 4.29. The van der Waals surface area contributed by atoms with E-state index in [-0.39, 0.29) is 17.3 Å². The van der Waals surface area contributed by atoms with Crippen LogP contribution in [0, 0.1) is 0 Å². The van der Waals surface area contributed by atoms with Gasteiger partial charge in [-0.15, -0.1) is 0 Å². The molecule has 7 nitrogen and oxygen atoms in total. The van der Waals surface area contributed by atoms with Crippen molar-refractivity contribution in [3.8, 4) is 0 Å². The van der Waals surface area contributed by atoms with Crippen LogP contribution >= 0.6 is 0 Å². The van der Waals surface area contributed by atoms with Crippen LogP contribution < -0.4 is 10.5 Å². The van der Waals surface area contributed by atoms with Crippen molar-refractivity contribution in [2.45, 2.75) is 17.9 Å². The molecule has 0 saturated carbocycles. The predicted molar refractivity (Wildman–Crippen MR) is 54.5 cm³/mol. The molecule has 0 radical (unpaired) electrons. The number of nitrogen functional groups attached to an aromatic ring is 1. The van der Waals surface area contributed by atoms with E-state index in [1.54, 1.807) is 14.0 Å². The van der Waals surface area contributed by atoms with Crippen molar-refractivity contribution in [2.75, 3.05) is 12.3 Å². The monoisotopic (exact) mass is 234 g/mol. The van der Waals surface area contributed by atoms with E-state index in [0.717, 1.165) is 0 Å². The van der Waals surface area contributed by atoms with Crippen LogP contribution in [0.15, 0.2) is 11.1 Å². The van der Waals surface area contributed by atoms with Gasteiger partial charge in [-0.2, -0.15) is 5.10 Å². The van der Waals surface area contributed by atoms with Gasteiger partial charge in [0.25, 0.3) is 0 Å². The van der Waals surface area contributed by atoms with Crippen LogP contribution in [0.3, 0.4) is 0 Å². The fourth-order valence-corrected chi connectivity index (χ4v) is 2.40. The van der Waals surface area contributed by atoms with Gasteiger partial charge in [0.1, 0.15) is 4.90 Å². The number of aliphatic hydroxyl groups excluding tert-OH is 1. The molecular formula is C7H14N4O3S. The fourth-order valence-electron chi connectivity index (χ4n) is 1.06. The maximum absolute atomic E-state index is 11.7. The van der Waals surface area contributed by atoms with Gasteiger partial charge in [0.05, 0.1) is 6.61 Å². The van der Waals surface area contributed by atoms with Crippen LogP contribution in [-0.2, 0) is 17.1 Å². The Morgan fingerprint density at radius 1 is 1.73 bits per heavy atom. The zero-order valence-corrected chi connectivity index (χ0v) is 9.32. The van der Waals surface area contributed by atoms with Crippen LogP contribution in [0.1, 0.15) is 6.92 Å². The van der Waals surface area contributed by atoms with E-state index >= 15 is 0 Å². The molecule has 0 unspecified atom stereocenters. The van der Waals surface area contributed by atoms with E-state index < -0.39 is 16.1 Å². The summed E-state index contributed by atoms with van der Waals surface area (Å²) in [5.74, 6) is -0.0601. The summed E-state index contributed by atoms with van der Waals surface area (Å²) >= 11 is 0. The Balaban J connectivity index is 3.01. The number of nitrogens with one attached hydrogen (secondary N) is 1. The maximum atomic E-state index is 11.7. The van der Waals surface area contributed by atoms with Gasteiger partial charge in [-0.05, 0) is 6.92 Å². The second-order valence-electron chi connectivity index (χ2n) is 3.26. The predicted octanol–water partition coefficient (Wildman–Crippen LogP) is -1.34. The standard InChI is InChI=1S/C7H14N4O3S/c1-5(4-12)10-15(13,14)6-3-11(2)9-7(6)8/h3,5,10,12H,4H2,1-2H3,(H2,8,9)/t5-/m1/s1. The second kappa shape index (κ2) is 4.17. The summed E-state index contributed by atoms with van der Waals surface area (Å²) in [6.45, 7) is 1.27. The number of aliphatic hydroxyl groups is 1. The molecular weight excluding hydrogens is 220 g/mol. The molecule has 86 valence electrons. The van der Waals surface area contributed by atoms with Crippen molar-refractivity contribution in [1.29, 1.82) is 0 Å². The zero-order chi connectivity index (χ0) is 11.6. The lowest BCUT2D eigenvalue weighted by atomic mass is 10.4. The minimum absolute atomic E-state index is 0.0601. The Morgan fingerprint density at radius 2 is 2.33 bits per heavy atom. The van der Waals surface area contributed by atoms with Gasteiger partial charge in [-0.1, -0.05) is 0 Å². The second-order valence-corrected chi connectivity index (χ2v) is 4.94. The van der Waals surface area contributed by atoms with Crippen molar-refractivity contribution in [1.82, 2.24) is 14.5 Å². The number of nitrogens with two attached hydrogens (primary N) is 1. The Kier molecular flexibility index (Phi) is 3.32. The lowest BCUT2D eigenvalue weighted by molar-refractivity contribution is 0.265. The summed E-state index contributed by atoms with van der Waals surface area (Å²) in [7, 11) is -2.13. The van der Waals surface area contributed by atoms with Gasteiger partial charge in [0.2, 0.25) is 10.0 Å². The molecule has 0 aliphatic rings. The molecule has 1 aromatic rings. The van der Waals surface area contributed by atoms with Gasteiger partial charge in [0, 0.05) is 19.3 Å². The van der Waals surface area contributed by atoms with Gasteiger partial charge < -0.3 is 10.8 Å². The number of sulfonamides is 1. The largest absolute Gasteiger partial charge is 0.395 e. The normalized spacial score (nSPS) is 14.1. The highest BCUT2D eigenvalue weighted by Gasteiger charge is 2.22. The van der Waals surface area contributed by atoms with Crippen molar-refractivity contribution >= 4 is 15.8 Å². The van der Waals surface area contributed by atoms with E-state index in [4.69, 9.17) is 10.8 Å². The van der Waals surface area contributed by atoms with Crippen LogP contribution in [0.4, 0.5) is 5.82 Å². The number of aryl methyl sites for hydroxylation is 1. The van der Waals surface area contributed by atoms with Gasteiger partial charge in [0.15, 0.2) is 5.82 Å². The summed E-state index contributed by atoms with van der Waals surface area (Å²) in [4.78, 5) is -0.0784. The van der Waals surface area contributed by atoms with Gasteiger partial charge >= 0.3 is 0 Å². The van der Waals surface area contributed by atoms with Crippen molar-refractivity contribution in [3.63, 3.8) is 0 Å². The van der Waals surface area contributed by atoms with E-state index in [1.165, 1.54) is 10.9 Å². The Bertz CT molecular complexity index is 439. The summed E-state index contributed by atoms with van der Waals surface area (Å²) < 4.78 is 26.9. The van der Waals surface area contributed by atoms with Crippen LogP contribution in [-0.4, -0.2) is 36.0 Å². The molecule has 1 rings (SSSR count). The topological polar surface area (TPSA) is 110 Å². The SMILES string of the molecule is C[C@H](CO)NS(=O)(=O)c1cn(C)nc1N. The number of aromatic nitrogens is 2. The molecule has 0 spiro atoms. The number of rotatable bonds is 4. The van der Waals surface area contributed by atoms with Crippen molar-refractivity contribution < 1.29 is 13.5 Å². The summed E-state index contributed by atoms with van der Waals surface area (Å²) in [5, 5.41) is 12.5. The molecule has 0 aliphatic heterocycles. The number of hydrogen-bond donors (Lipinski definition) is 3. The summed E-state index contributed by atoms with van der Waals surface area (Å²) in [6, 6.07) is -0.561. The third-order valence-electron chi connectivity index (χ3n) is 1.74. The molecule has 0 aromatic carbocycles. The van der Waals surface area contributed by atoms with Crippen LogP contribution in [0.5, 0.6) is 0 Å². The highest BCUT2D eigenvalue weighted by atomic mass is 32.2. The first-order chi connectivity index (χ1) is 6.86. The van der Waals surface area contributed by atoms with Gasteiger partial charge in [-0.3, -0.25) is 4.68 Å². The molecule has 1 atom stereocenters.